The van der Waals surface area contributed by atoms with Gasteiger partial charge in [-0.3, -0.25) is 0 Å². The molecular formula is C8H16N4. The first-order valence-corrected chi connectivity index (χ1v) is 4.55. The number of nitrogens with zero attached hydrogens (tertiary/aromatic N) is 4. The Hall–Kier alpha value is -0.730. The first kappa shape index (κ1) is 9.36. The molecule has 1 rings (SSSR count). The third-order valence-corrected chi connectivity index (χ3v) is 2.55. The van der Waals surface area contributed by atoms with E-state index in [1.807, 2.05) is 0 Å². The molecule has 1 atom stereocenters. The van der Waals surface area contributed by atoms with Crippen LogP contribution < -0.4 is 0 Å². The van der Waals surface area contributed by atoms with E-state index < -0.39 is 0 Å². The Labute approximate surface area is 73.2 Å². The summed E-state index contributed by atoms with van der Waals surface area (Å²) in [5.74, 6) is 0. The van der Waals surface area contributed by atoms with Gasteiger partial charge >= 0.3 is 0 Å². The fourth-order valence-electron chi connectivity index (χ4n) is 1.76. The molecule has 0 aromatic heterocycles. The fourth-order valence-corrected chi connectivity index (χ4v) is 1.76. The topological polar surface area (TPSA) is 52.0 Å². The van der Waals surface area contributed by atoms with Gasteiger partial charge in [-0.2, -0.15) is 0 Å². The van der Waals surface area contributed by atoms with Crippen molar-refractivity contribution in [3.8, 4) is 0 Å². The zero-order valence-corrected chi connectivity index (χ0v) is 7.61. The van der Waals surface area contributed by atoms with E-state index in [-0.39, 0.29) is 0 Å². The van der Waals surface area contributed by atoms with Gasteiger partial charge in [0.25, 0.3) is 0 Å². The summed E-state index contributed by atoms with van der Waals surface area (Å²) < 4.78 is 0. The monoisotopic (exact) mass is 168 g/mol. The van der Waals surface area contributed by atoms with E-state index in [9.17, 15) is 0 Å². The van der Waals surface area contributed by atoms with Crippen molar-refractivity contribution in [2.45, 2.75) is 31.7 Å². The van der Waals surface area contributed by atoms with E-state index >= 15 is 0 Å². The summed E-state index contributed by atoms with van der Waals surface area (Å²) in [5, 5.41) is 3.55. The highest BCUT2D eigenvalue weighted by atomic mass is 15.2. The highest BCUT2D eigenvalue weighted by Crippen LogP contribution is 2.17. The van der Waals surface area contributed by atoms with Gasteiger partial charge in [0.1, 0.15) is 0 Å². The first-order chi connectivity index (χ1) is 5.84. The number of hydrogen-bond donors (Lipinski definition) is 0. The Morgan fingerprint density at radius 1 is 1.58 bits per heavy atom. The Morgan fingerprint density at radius 2 is 2.42 bits per heavy atom. The summed E-state index contributed by atoms with van der Waals surface area (Å²) in [7, 11) is 2.15. The van der Waals surface area contributed by atoms with Crippen LogP contribution in [0.4, 0.5) is 0 Å². The standard InChI is InChI=1S/C8H16N4/c1-12-7-3-2-4-8(12)5-6-10-11-9/h8H,2-7H2,1H3. The second-order valence-electron chi connectivity index (χ2n) is 3.37. The number of hydrogen-bond acceptors (Lipinski definition) is 2. The molecule has 0 amide bonds. The van der Waals surface area contributed by atoms with Crippen LogP contribution in [0.5, 0.6) is 0 Å². The average molecular weight is 168 g/mol. The molecule has 4 heteroatoms. The van der Waals surface area contributed by atoms with Crippen molar-refractivity contribution in [1.29, 1.82) is 0 Å². The molecule has 1 fully saturated rings. The van der Waals surface area contributed by atoms with Crippen LogP contribution in [0.25, 0.3) is 10.4 Å². The van der Waals surface area contributed by atoms with Gasteiger partial charge in [0, 0.05) is 17.5 Å². The molecule has 0 saturated carbocycles. The number of azide groups is 1. The SMILES string of the molecule is CN1CCCCC1CCN=[N+]=[N-]. The molecule has 68 valence electrons. The molecule has 1 aliphatic rings. The Balaban J connectivity index is 2.24. The van der Waals surface area contributed by atoms with E-state index in [0.717, 1.165) is 6.42 Å². The van der Waals surface area contributed by atoms with Crippen molar-refractivity contribution in [2.24, 2.45) is 5.11 Å². The van der Waals surface area contributed by atoms with Crippen LogP contribution in [0.2, 0.25) is 0 Å². The molecule has 0 N–H and O–H groups in total. The van der Waals surface area contributed by atoms with Gasteiger partial charge in [-0.25, -0.2) is 0 Å². The van der Waals surface area contributed by atoms with Gasteiger partial charge in [0.15, 0.2) is 0 Å². The van der Waals surface area contributed by atoms with E-state index in [0.29, 0.717) is 12.6 Å². The minimum Gasteiger partial charge on any atom is -0.303 e. The van der Waals surface area contributed by atoms with Gasteiger partial charge in [-0.1, -0.05) is 11.5 Å². The van der Waals surface area contributed by atoms with Crippen molar-refractivity contribution in [3.05, 3.63) is 10.4 Å². The lowest BCUT2D eigenvalue weighted by molar-refractivity contribution is 0.178. The zero-order valence-electron chi connectivity index (χ0n) is 7.61. The summed E-state index contributed by atoms with van der Waals surface area (Å²) in [4.78, 5) is 5.12. The maximum absolute atomic E-state index is 8.11. The Kier molecular flexibility index (Phi) is 3.91. The van der Waals surface area contributed by atoms with Crippen LogP contribution in [-0.4, -0.2) is 31.1 Å². The van der Waals surface area contributed by atoms with Crippen LogP contribution in [-0.2, 0) is 0 Å². The van der Waals surface area contributed by atoms with Gasteiger partial charge in [-0.15, -0.1) is 0 Å². The highest BCUT2D eigenvalue weighted by Gasteiger charge is 2.17. The molecule has 12 heavy (non-hydrogen) atoms. The molecule has 0 spiro atoms. The number of rotatable bonds is 3. The van der Waals surface area contributed by atoms with Crippen LogP contribution in [0.15, 0.2) is 5.11 Å². The van der Waals surface area contributed by atoms with Gasteiger partial charge in [0.2, 0.25) is 0 Å². The normalized spacial score (nSPS) is 24.9. The molecule has 1 saturated heterocycles. The molecule has 1 unspecified atom stereocenters. The van der Waals surface area contributed by atoms with Gasteiger partial charge < -0.3 is 4.90 Å². The highest BCUT2D eigenvalue weighted by molar-refractivity contribution is 4.74. The maximum atomic E-state index is 8.11. The molecular weight excluding hydrogens is 152 g/mol. The molecule has 1 aliphatic heterocycles. The van der Waals surface area contributed by atoms with Crippen LogP contribution in [0, 0.1) is 0 Å². The van der Waals surface area contributed by atoms with Crippen molar-refractivity contribution in [1.82, 2.24) is 4.90 Å². The lowest BCUT2D eigenvalue weighted by atomic mass is 10.0. The maximum Gasteiger partial charge on any atom is 0.0272 e. The molecule has 1 heterocycles. The van der Waals surface area contributed by atoms with Gasteiger partial charge in [0.05, 0.1) is 0 Å². The van der Waals surface area contributed by atoms with Crippen molar-refractivity contribution in [3.63, 3.8) is 0 Å². The summed E-state index contributed by atoms with van der Waals surface area (Å²) in [5.41, 5.74) is 8.11. The smallest absolute Gasteiger partial charge is 0.0272 e. The van der Waals surface area contributed by atoms with E-state index in [1.54, 1.807) is 0 Å². The molecule has 0 radical (unpaired) electrons. The number of piperidine rings is 1. The van der Waals surface area contributed by atoms with Crippen molar-refractivity contribution < 1.29 is 0 Å². The van der Waals surface area contributed by atoms with Crippen molar-refractivity contribution in [2.75, 3.05) is 20.1 Å². The zero-order chi connectivity index (χ0) is 8.81. The van der Waals surface area contributed by atoms with Crippen LogP contribution in [0.1, 0.15) is 25.7 Å². The van der Waals surface area contributed by atoms with Crippen molar-refractivity contribution >= 4 is 0 Å². The summed E-state index contributed by atoms with van der Waals surface area (Å²) in [6.45, 7) is 1.84. The quantitative estimate of drug-likeness (QED) is 0.362. The molecule has 4 nitrogen and oxygen atoms in total. The predicted molar refractivity (Wildman–Crippen MR) is 48.9 cm³/mol. The first-order valence-electron chi connectivity index (χ1n) is 4.55. The third kappa shape index (κ3) is 2.72. The molecule has 0 aromatic carbocycles. The minimum atomic E-state index is 0.643. The molecule has 0 bridgehead atoms. The lowest BCUT2D eigenvalue weighted by Crippen LogP contribution is -2.36. The molecule has 0 aromatic rings. The predicted octanol–water partition coefficient (Wildman–Crippen LogP) is 2.17. The lowest BCUT2D eigenvalue weighted by Gasteiger charge is -2.32. The fraction of sp³-hybridized carbons (Fsp3) is 1.00. The second kappa shape index (κ2) is 5.01. The average Bonchev–Trinajstić information content (AvgIpc) is 2.09. The number of likely N-dealkylation sites (tertiary alicyclic amines) is 1. The van der Waals surface area contributed by atoms with E-state index in [1.165, 1.54) is 25.8 Å². The van der Waals surface area contributed by atoms with Crippen LogP contribution in [0.3, 0.4) is 0 Å². The Morgan fingerprint density at radius 3 is 3.08 bits per heavy atom. The van der Waals surface area contributed by atoms with E-state index in [2.05, 4.69) is 22.0 Å². The summed E-state index contributed by atoms with van der Waals surface area (Å²) >= 11 is 0. The van der Waals surface area contributed by atoms with Crippen LogP contribution >= 0.6 is 0 Å². The van der Waals surface area contributed by atoms with E-state index in [4.69, 9.17) is 5.53 Å². The second-order valence-corrected chi connectivity index (χ2v) is 3.37. The largest absolute Gasteiger partial charge is 0.303 e. The molecule has 0 aliphatic carbocycles. The third-order valence-electron chi connectivity index (χ3n) is 2.55. The Bertz CT molecular complexity index is 174. The summed E-state index contributed by atoms with van der Waals surface area (Å²) in [6.07, 6.45) is 4.91. The summed E-state index contributed by atoms with van der Waals surface area (Å²) in [6, 6.07) is 0.643. The van der Waals surface area contributed by atoms with Gasteiger partial charge in [-0.05, 0) is 38.4 Å². The minimum absolute atomic E-state index is 0.643.